The maximum absolute atomic E-state index is 14.1. The minimum atomic E-state index is -0.406. The van der Waals surface area contributed by atoms with Crippen LogP contribution < -0.4 is 5.55 Å². The van der Waals surface area contributed by atoms with Crippen LogP contribution in [0.5, 0.6) is 0 Å². The summed E-state index contributed by atoms with van der Waals surface area (Å²) in [6, 6.07) is 23.7. The molecule has 0 spiro atoms. The molecule has 0 bridgehead atoms. The Bertz CT molecular complexity index is 1320. The van der Waals surface area contributed by atoms with Crippen molar-refractivity contribution in [3.63, 3.8) is 0 Å². The normalized spacial score (nSPS) is 12.1. The summed E-state index contributed by atoms with van der Waals surface area (Å²) in [4.78, 5) is 12.4. The second-order valence-electron chi connectivity index (χ2n) is 6.17. The Balaban J connectivity index is 1.83. The average Bonchev–Trinajstić information content (AvgIpc) is 3.13. The van der Waals surface area contributed by atoms with Crippen molar-refractivity contribution >= 4 is 27.7 Å². The predicted molar refractivity (Wildman–Crippen MR) is 103 cm³/mol. The third-order valence-corrected chi connectivity index (χ3v) is 4.37. The number of halogens is 1. The number of para-hydroxylation sites is 4. The third-order valence-electron chi connectivity index (χ3n) is 4.37. The summed E-state index contributed by atoms with van der Waals surface area (Å²) in [5, 5.41) is 0.917. The van der Waals surface area contributed by atoms with Crippen molar-refractivity contribution < 1.29 is 8.81 Å². The van der Waals surface area contributed by atoms with Crippen LogP contribution in [0.25, 0.3) is 33.4 Å². The van der Waals surface area contributed by atoms with Gasteiger partial charge in [0.2, 0.25) is 5.55 Å². The number of H-pyrrole nitrogens is 1. The van der Waals surface area contributed by atoms with Crippen LogP contribution in [-0.4, -0.2) is 9.97 Å². The van der Waals surface area contributed by atoms with Crippen LogP contribution in [0.15, 0.2) is 88.3 Å². The second-order valence-corrected chi connectivity index (χ2v) is 6.17. The number of benzene rings is 3. The molecule has 0 radical (unpaired) electrons. The highest BCUT2D eigenvalue weighted by Crippen LogP contribution is 2.23. The molecule has 1 N–H and O–H groups in total. The molecule has 5 aromatic rings. The maximum Gasteiger partial charge on any atom is 0.230 e. The van der Waals surface area contributed by atoms with Gasteiger partial charge < -0.3 is 9.40 Å². The number of hydrogen-bond donors (Lipinski definition) is 1. The van der Waals surface area contributed by atoms with Crippen molar-refractivity contribution in [2.75, 3.05) is 0 Å². The first-order valence-electron chi connectivity index (χ1n) is 8.55. The molecule has 5 rings (SSSR count). The van der Waals surface area contributed by atoms with Crippen molar-refractivity contribution in [2.24, 2.45) is 4.99 Å². The first kappa shape index (κ1) is 15.5. The molecule has 0 saturated carbocycles. The summed E-state index contributed by atoms with van der Waals surface area (Å²) >= 11 is 0. The van der Waals surface area contributed by atoms with Gasteiger partial charge in [-0.25, -0.2) is 14.4 Å². The Morgan fingerprint density at radius 2 is 1.67 bits per heavy atom. The standard InChI is InChI=1S/C22H14FN3O/c23-16-8-2-3-9-17(16)26-22-15(13-14-7-1-6-12-20(14)27-22)21-24-18-10-4-5-11-19(18)25-21/h1-13H,(H,24,25). The molecule has 3 aromatic carbocycles. The molecular weight excluding hydrogens is 341 g/mol. The minimum Gasteiger partial charge on any atom is -0.438 e. The summed E-state index contributed by atoms with van der Waals surface area (Å²) in [6.07, 6.45) is 0. The number of rotatable bonds is 2. The van der Waals surface area contributed by atoms with E-state index in [1.54, 1.807) is 18.2 Å². The molecule has 4 nitrogen and oxygen atoms in total. The van der Waals surface area contributed by atoms with Gasteiger partial charge in [-0.05, 0) is 36.4 Å². The van der Waals surface area contributed by atoms with Gasteiger partial charge in [-0.1, -0.05) is 42.5 Å². The minimum absolute atomic E-state index is 0.217. The van der Waals surface area contributed by atoms with Gasteiger partial charge in [-0.2, -0.15) is 0 Å². The van der Waals surface area contributed by atoms with Crippen LogP contribution in [0.4, 0.5) is 10.1 Å². The van der Waals surface area contributed by atoms with E-state index in [1.165, 1.54) is 6.07 Å². The molecule has 5 heteroatoms. The zero-order chi connectivity index (χ0) is 18.2. The Hall–Kier alpha value is -3.73. The molecular formula is C22H14FN3O. The highest BCUT2D eigenvalue weighted by atomic mass is 19.1. The van der Waals surface area contributed by atoms with E-state index in [4.69, 9.17) is 4.42 Å². The van der Waals surface area contributed by atoms with Gasteiger partial charge in [-0.3, -0.25) is 0 Å². The third kappa shape index (κ3) is 2.79. The van der Waals surface area contributed by atoms with Crippen LogP contribution >= 0.6 is 0 Å². The fraction of sp³-hybridized carbons (Fsp3) is 0. The van der Waals surface area contributed by atoms with Crippen LogP contribution in [-0.2, 0) is 0 Å². The first-order chi connectivity index (χ1) is 13.3. The molecule has 0 saturated heterocycles. The topological polar surface area (TPSA) is 54.2 Å². The van der Waals surface area contributed by atoms with Gasteiger partial charge in [0.05, 0.1) is 16.6 Å². The van der Waals surface area contributed by atoms with Gasteiger partial charge in [-0.15, -0.1) is 0 Å². The number of fused-ring (bicyclic) bond motifs is 2. The molecule has 27 heavy (non-hydrogen) atoms. The van der Waals surface area contributed by atoms with E-state index >= 15 is 0 Å². The number of aromatic amines is 1. The highest BCUT2D eigenvalue weighted by Gasteiger charge is 2.12. The SMILES string of the molecule is Fc1ccccc1N=c1oc2ccccc2cc1-c1nc2ccccc2[nH]1. The van der Waals surface area contributed by atoms with E-state index < -0.39 is 5.82 Å². The second kappa shape index (κ2) is 6.21. The lowest BCUT2D eigenvalue weighted by Gasteiger charge is -2.03. The van der Waals surface area contributed by atoms with Crippen molar-refractivity contribution in [3.8, 4) is 11.4 Å². The van der Waals surface area contributed by atoms with Gasteiger partial charge in [0, 0.05) is 5.39 Å². The van der Waals surface area contributed by atoms with Gasteiger partial charge in [0.25, 0.3) is 0 Å². The quantitative estimate of drug-likeness (QED) is 0.464. The van der Waals surface area contributed by atoms with E-state index in [9.17, 15) is 4.39 Å². The first-order valence-corrected chi connectivity index (χ1v) is 8.55. The summed E-state index contributed by atoms with van der Waals surface area (Å²) < 4.78 is 20.1. The van der Waals surface area contributed by atoms with Crippen LogP contribution in [0.3, 0.4) is 0 Å². The maximum atomic E-state index is 14.1. The lowest BCUT2D eigenvalue weighted by atomic mass is 10.2. The molecule has 0 unspecified atom stereocenters. The molecule has 0 fully saturated rings. The molecule has 0 aliphatic rings. The van der Waals surface area contributed by atoms with E-state index in [0.29, 0.717) is 22.5 Å². The molecule has 0 aliphatic carbocycles. The van der Waals surface area contributed by atoms with E-state index in [-0.39, 0.29) is 5.69 Å². The molecule has 0 aliphatic heterocycles. The Morgan fingerprint density at radius 3 is 2.56 bits per heavy atom. The highest BCUT2D eigenvalue weighted by molar-refractivity contribution is 5.83. The van der Waals surface area contributed by atoms with Crippen molar-refractivity contribution in [1.82, 2.24) is 9.97 Å². The van der Waals surface area contributed by atoms with Crippen molar-refractivity contribution in [3.05, 3.63) is 90.2 Å². The van der Waals surface area contributed by atoms with Crippen molar-refractivity contribution in [1.29, 1.82) is 0 Å². The molecule has 0 atom stereocenters. The van der Waals surface area contributed by atoms with E-state index in [0.717, 1.165) is 16.4 Å². The number of aromatic nitrogens is 2. The lowest BCUT2D eigenvalue weighted by Crippen LogP contribution is -2.06. The Labute approximate surface area is 153 Å². The molecule has 130 valence electrons. The van der Waals surface area contributed by atoms with Crippen molar-refractivity contribution in [2.45, 2.75) is 0 Å². The summed E-state index contributed by atoms with van der Waals surface area (Å²) in [6.45, 7) is 0. The summed E-state index contributed by atoms with van der Waals surface area (Å²) in [5.41, 5.74) is 3.63. The molecule has 2 aromatic heterocycles. The summed E-state index contributed by atoms with van der Waals surface area (Å²) in [7, 11) is 0. The zero-order valence-electron chi connectivity index (χ0n) is 14.2. The Morgan fingerprint density at radius 1 is 0.889 bits per heavy atom. The van der Waals surface area contributed by atoms with Gasteiger partial charge >= 0.3 is 0 Å². The predicted octanol–water partition coefficient (Wildman–Crippen LogP) is 5.35. The van der Waals surface area contributed by atoms with Crippen LogP contribution in [0.1, 0.15) is 0 Å². The summed E-state index contributed by atoms with van der Waals surface area (Å²) in [5.74, 6) is 0.220. The van der Waals surface area contributed by atoms with E-state index in [2.05, 4.69) is 15.0 Å². The Kier molecular flexibility index (Phi) is 3.57. The number of imidazole rings is 1. The largest absolute Gasteiger partial charge is 0.438 e. The number of nitrogens with zero attached hydrogens (tertiary/aromatic N) is 2. The monoisotopic (exact) mass is 355 g/mol. The van der Waals surface area contributed by atoms with E-state index in [1.807, 2.05) is 54.6 Å². The lowest BCUT2D eigenvalue weighted by molar-refractivity contribution is 0.544. The zero-order valence-corrected chi connectivity index (χ0v) is 14.2. The number of nitrogens with one attached hydrogen (secondary N) is 1. The smallest absolute Gasteiger partial charge is 0.230 e. The van der Waals surface area contributed by atoms with Gasteiger partial charge in [0.15, 0.2) is 0 Å². The number of hydrogen-bond acceptors (Lipinski definition) is 3. The van der Waals surface area contributed by atoms with Crippen LogP contribution in [0.2, 0.25) is 0 Å². The van der Waals surface area contributed by atoms with Crippen LogP contribution in [0, 0.1) is 5.82 Å². The molecule has 2 heterocycles. The van der Waals surface area contributed by atoms with Gasteiger partial charge in [0.1, 0.15) is 22.9 Å². The average molecular weight is 355 g/mol. The fourth-order valence-corrected chi connectivity index (χ4v) is 3.05. The fourth-order valence-electron chi connectivity index (χ4n) is 3.05. The molecule has 0 amide bonds.